The maximum Gasteiger partial charge on any atom is 0.276 e. The largest absolute Gasteiger partial charge is 0.497 e. The van der Waals surface area contributed by atoms with E-state index >= 15 is 0 Å². The maximum atomic E-state index is 13.1. The molecule has 38 heavy (non-hydrogen) atoms. The molecular formula is C27H34N8O3. The molecule has 0 unspecified atom stereocenters. The van der Waals surface area contributed by atoms with Crippen molar-refractivity contribution in [2.24, 2.45) is 17.8 Å². The molecule has 2 aromatic heterocycles. The van der Waals surface area contributed by atoms with Crippen molar-refractivity contribution in [2.45, 2.75) is 25.8 Å². The monoisotopic (exact) mass is 518 g/mol. The fraction of sp³-hybridized carbons (Fsp3) is 0.370. The van der Waals surface area contributed by atoms with Crippen molar-refractivity contribution in [1.29, 1.82) is 0 Å². The van der Waals surface area contributed by atoms with Crippen LogP contribution in [0.3, 0.4) is 0 Å². The number of ether oxygens (including phenoxy) is 2. The Morgan fingerprint density at radius 1 is 1.08 bits per heavy atom. The van der Waals surface area contributed by atoms with E-state index in [9.17, 15) is 4.79 Å². The Morgan fingerprint density at radius 2 is 1.74 bits per heavy atom. The van der Waals surface area contributed by atoms with Gasteiger partial charge in [-0.1, -0.05) is 0 Å². The van der Waals surface area contributed by atoms with Crippen molar-refractivity contribution in [3.63, 3.8) is 0 Å². The minimum atomic E-state index is -0.296. The molecule has 3 aromatic rings. The molecule has 1 aliphatic rings. The second-order valence-corrected chi connectivity index (χ2v) is 9.31. The lowest BCUT2D eigenvalue weighted by Crippen LogP contribution is -2.32. The zero-order chi connectivity index (χ0) is 27.4. The van der Waals surface area contributed by atoms with Crippen LogP contribution in [-0.2, 0) is 7.05 Å². The number of nitrogens with two attached hydrogens (primary N) is 2. The first-order chi connectivity index (χ1) is 18.2. The van der Waals surface area contributed by atoms with Crippen molar-refractivity contribution in [3.05, 3.63) is 52.8 Å². The fourth-order valence-electron chi connectivity index (χ4n) is 4.43. The molecule has 1 saturated heterocycles. The molecular weight excluding hydrogens is 484 g/mol. The summed E-state index contributed by atoms with van der Waals surface area (Å²) in [5.41, 5.74) is 15.4. The number of anilines is 1. The summed E-state index contributed by atoms with van der Waals surface area (Å²) in [5, 5.41) is 0. The zero-order valence-electron chi connectivity index (χ0n) is 22.4. The van der Waals surface area contributed by atoms with Gasteiger partial charge in [-0.2, -0.15) is 0 Å². The van der Waals surface area contributed by atoms with Gasteiger partial charge in [0.05, 0.1) is 32.2 Å². The van der Waals surface area contributed by atoms with Crippen LogP contribution in [0.25, 0.3) is 28.2 Å². The van der Waals surface area contributed by atoms with Crippen molar-refractivity contribution < 1.29 is 9.47 Å². The van der Waals surface area contributed by atoms with Crippen molar-refractivity contribution >= 4 is 17.1 Å². The number of hydrogen-bond acceptors (Lipinski definition) is 10. The number of rotatable bonds is 7. The quantitative estimate of drug-likeness (QED) is 0.450. The molecule has 0 saturated carbocycles. The minimum Gasteiger partial charge on any atom is -0.497 e. The number of benzene rings is 1. The van der Waals surface area contributed by atoms with E-state index in [0.717, 1.165) is 31.6 Å². The van der Waals surface area contributed by atoms with Crippen LogP contribution in [0.2, 0.25) is 0 Å². The highest BCUT2D eigenvalue weighted by molar-refractivity contribution is 6.22. The molecule has 4 N–H and O–H groups in total. The second kappa shape index (κ2) is 11.4. The van der Waals surface area contributed by atoms with Crippen LogP contribution in [0, 0.1) is 0 Å². The third-order valence-corrected chi connectivity index (χ3v) is 6.64. The van der Waals surface area contributed by atoms with Crippen LogP contribution in [0.1, 0.15) is 25.5 Å². The molecule has 1 fully saturated rings. The Bertz CT molecular complexity index is 1420. The Kier molecular flexibility index (Phi) is 8.06. The van der Waals surface area contributed by atoms with E-state index in [1.54, 1.807) is 51.9 Å². The molecule has 0 amide bonds. The number of nitrogen functional groups attached to an aromatic ring is 1. The zero-order valence-corrected chi connectivity index (χ0v) is 22.4. The number of allylic oxidation sites excluding steroid dienone is 1. The summed E-state index contributed by atoms with van der Waals surface area (Å²) in [6.45, 7) is 3.94. The van der Waals surface area contributed by atoms with Crippen molar-refractivity contribution in [1.82, 2.24) is 24.4 Å². The van der Waals surface area contributed by atoms with Gasteiger partial charge in [-0.05, 0) is 52.0 Å². The first-order valence-corrected chi connectivity index (χ1v) is 12.3. The van der Waals surface area contributed by atoms with Gasteiger partial charge in [0, 0.05) is 42.4 Å². The molecule has 200 valence electrons. The smallest absolute Gasteiger partial charge is 0.276 e. The lowest BCUT2D eigenvalue weighted by atomic mass is 10.0. The van der Waals surface area contributed by atoms with Crippen LogP contribution in [0.5, 0.6) is 11.5 Å². The molecule has 0 atom stereocenters. The highest BCUT2D eigenvalue weighted by atomic mass is 16.5. The molecule has 1 aromatic carbocycles. The predicted molar refractivity (Wildman–Crippen MR) is 149 cm³/mol. The van der Waals surface area contributed by atoms with E-state index in [1.165, 1.54) is 10.8 Å². The standard InChI is InChI=1S/C27H34N8O3/c1-16(31-18-6-8-34(2)9-7-18)21(13-28)22-14-30-26(29)25(32-22)23-15-35(3)27(36)24(33-23)17-10-19(37-4)12-20(11-17)38-5/h10-15,18H,6-9,28H2,1-5H3,(H2,29,30). The molecule has 0 radical (unpaired) electrons. The number of likely N-dealkylation sites (tertiary alicyclic amines) is 1. The summed E-state index contributed by atoms with van der Waals surface area (Å²) < 4.78 is 12.2. The number of piperidine rings is 1. The Labute approximate surface area is 221 Å². The number of aryl methyl sites for hydroxylation is 1. The number of methoxy groups -OCH3 is 2. The molecule has 0 bridgehead atoms. The number of aliphatic imine (C=N–C) groups is 1. The Hall–Kier alpha value is -4.25. The van der Waals surface area contributed by atoms with Crippen molar-refractivity contribution in [3.8, 4) is 34.1 Å². The fourth-order valence-corrected chi connectivity index (χ4v) is 4.43. The van der Waals surface area contributed by atoms with Gasteiger partial charge in [0.25, 0.3) is 5.56 Å². The summed E-state index contributed by atoms with van der Waals surface area (Å²) in [6.07, 6.45) is 6.62. The van der Waals surface area contributed by atoms with Gasteiger partial charge in [-0.25, -0.2) is 15.0 Å². The average molecular weight is 519 g/mol. The van der Waals surface area contributed by atoms with Crippen molar-refractivity contribution in [2.75, 3.05) is 40.1 Å². The van der Waals surface area contributed by atoms with Gasteiger partial charge in [-0.15, -0.1) is 0 Å². The maximum absolute atomic E-state index is 13.1. The minimum absolute atomic E-state index is 0.176. The van der Waals surface area contributed by atoms with Gasteiger partial charge in [0.15, 0.2) is 5.82 Å². The molecule has 4 rings (SSSR count). The van der Waals surface area contributed by atoms with E-state index in [4.69, 9.17) is 30.9 Å². The lowest BCUT2D eigenvalue weighted by Gasteiger charge is -2.27. The van der Waals surface area contributed by atoms with Crippen LogP contribution in [-0.4, -0.2) is 70.5 Å². The van der Waals surface area contributed by atoms with E-state index in [0.29, 0.717) is 39.7 Å². The van der Waals surface area contributed by atoms with E-state index in [1.807, 2.05) is 6.92 Å². The molecule has 0 spiro atoms. The summed E-state index contributed by atoms with van der Waals surface area (Å²) >= 11 is 0. The van der Waals surface area contributed by atoms with E-state index in [-0.39, 0.29) is 23.1 Å². The number of aromatic nitrogens is 4. The van der Waals surface area contributed by atoms with Gasteiger partial charge >= 0.3 is 0 Å². The van der Waals surface area contributed by atoms with Crippen LogP contribution in [0.15, 0.2) is 46.6 Å². The molecule has 11 nitrogen and oxygen atoms in total. The second-order valence-electron chi connectivity index (χ2n) is 9.31. The average Bonchev–Trinajstić information content (AvgIpc) is 2.92. The summed E-state index contributed by atoms with van der Waals surface area (Å²) in [6, 6.07) is 5.40. The lowest BCUT2D eigenvalue weighted by molar-refractivity contribution is 0.257. The molecule has 3 heterocycles. The number of nitrogens with zero attached hydrogens (tertiary/aromatic N) is 6. The third kappa shape index (κ3) is 5.67. The molecule has 0 aliphatic carbocycles. The third-order valence-electron chi connectivity index (χ3n) is 6.64. The topological polar surface area (TPSA) is 147 Å². The molecule has 1 aliphatic heterocycles. The van der Waals surface area contributed by atoms with Gasteiger partial charge < -0.3 is 30.4 Å². The SMILES string of the molecule is COc1cc(OC)cc(-c2nc(-c3nc(C(=CN)C(C)=NC4CCN(C)CC4)cnc3N)cn(C)c2=O)c1. The van der Waals surface area contributed by atoms with Gasteiger partial charge in [0.1, 0.15) is 28.6 Å². The normalized spacial score (nSPS) is 15.5. The Morgan fingerprint density at radius 3 is 2.34 bits per heavy atom. The first kappa shape index (κ1) is 26.8. The predicted octanol–water partition coefficient (Wildman–Crippen LogP) is 2.36. The van der Waals surface area contributed by atoms with Crippen LogP contribution in [0.4, 0.5) is 5.82 Å². The highest BCUT2D eigenvalue weighted by Crippen LogP contribution is 2.29. The Balaban J connectivity index is 1.76. The van der Waals surface area contributed by atoms with Crippen LogP contribution >= 0.6 is 0 Å². The molecule has 11 heteroatoms. The van der Waals surface area contributed by atoms with Crippen LogP contribution < -0.4 is 26.5 Å². The van der Waals surface area contributed by atoms with Gasteiger partial charge in [-0.3, -0.25) is 9.79 Å². The van der Waals surface area contributed by atoms with E-state index < -0.39 is 0 Å². The highest BCUT2D eigenvalue weighted by Gasteiger charge is 2.20. The first-order valence-electron chi connectivity index (χ1n) is 12.3. The summed E-state index contributed by atoms with van der Waals surface area (Å²) in [7, 11) is 6.85. The summed E-state index contributed by atoms with van der Waals surface area (Å²) in [4.78, 5) is 34.0. The summed E-state index contributed by atoms with van der Waals surface area (Å²) in [5.74, 6) is 1.24. The van der Waals surface area contributed by atoms with Gasteiger partial charge in [0.2, 0.25) is 0 Å². The number of hydrogen-bond donors (Lipinski definition) is 2. The van der Waals surface area contributed by atoms with E-state index in [2.05, 4.69) is 21.9 Å².